The quantitative estimate of drug-likeness (QED) is 0.690. The summed E-state index contributed by atoms with van der Waals surface area (Å²) < 4.78 is 0. The van der Waals surface area contributed by atoms with Crippen molar-refractivity contribution in [1.82, 2.24) is 5.32 Å². The van der Waals surface area contributed by atoms with Gasteiger partial charge in [0.15, 0.2) is 0 Å². The number of nitrogens with one attached hydrogen (secondary N) is 2. The van der Waals surface area contributed by atoms with Crippen LogP contribution in [0.15, 0.2) is 0 Å². The lowest BCUT2D eigenvalue weighted by molar-refractivity contribution is -0.896. The maximum absolute atomic E-state index is 4.90. The Bertz CT molecular complexity index is 220. The molecule has 0 aliphatic carbocycles. The molecule has 1 fully saturated rings. The fourth-order valence-electron chi connectivity index (χ4n) is 3.51. The van der Waals surface area contributed by atoms with Crippen LogP contribution in [0.1, 0.15) is 78.1 Å². The highest BCUT2D eigenvalue weighted by atomic mass is 15.5. The van der Waals surface area contributed by atoms with E-state index < -0.39 is 0 Å². The Balaban J connectivity index is 2.55. The Labute approximate surface area is 126 Å². The zero-order valence-corrected chi connectivity index (χ0v) is 14.1. The fraction of sp³-hybridized carbons (Fsp3) is 1.00. The zero-order chi connectivity index (χ0) is 14.6. The third-order valence-electron chi connectivity index (χ3n) is 4.73. The van der Waals surface area contributed by atoms with Crippen LogP contribution >= 0.6 is 0 Å². The van der Waals surface area contributed by atoms with Crippen LogP contribution in [0.2, 0.25) is 0 Å². The van der Waals surface area contributed by atoms with Crippen molar-refractivity contribution in [3.63, 3.8) is 0 Å². The van der Waals surface area contributed by atoms with Gasteiger partial charge in [-0.15, -0.1) is 6.54 Å². The van der Waals surface area contributed by atoms with E-state index >= 15 is 0 Å². The number of hydrogen-bond acceptors (Lipinski definition) is 1. The average molecular weight is 284 g/mol. The number of hydrogen-bond donors (Lipinski definition) is 2. The van der Waals surface area contributed by atoms with E-state index in [2.05, 4.69) is 26.2 Å². The molecule has 1 aliphatic rings. The molecule has 1 saturated heterocycles. The first-order chi connectivity index (χ1) is 9.83. The average Bonchev–Trinajstić information content (AvgIpc) is 2.48. The highest BCUT2D eigenvalue weighted by Gasteiger charge is 2.25. The third kappa shape index (κ3) is 6.55. The SMILES string of the molecule is CCCCCCC1CCCCCC[N-][NH+](CC)C1NC. The minimum absolute atomic E-state index is 0.528. The van der Waals surface area contributed by atoms with Crippen molar-refractivity contribution >= 4 is 0 Å². The lowest BCUT2D eigenvalue weighted by atomic mass is 9.91. The van der Waals surface area contributed by atoms with E-state index in [1.165, 1.54) is 69.2 Å². The molecule has 3 heteroatoms. The van der Waals surface area contributed by atoms with E-state index in [1.54, 1.807) is 0 Å². The summed E-state index contributed by atoms with van der Waals surface area (Å²) in [4.78, 5) is 0. The summed E-state index contributed by atoms with van der Waals surface area (Å²) in [5, 5.41) is 5.01. The van der Waals surface area contributed by atoms with Gasteiger partial charge in [-0.3, -0.25) is 5.32 Å². The summed E-state index contributed by atoms with van der Waals surface area (Å²) in [7, 11) is 2.13. The summed E-state index contributed by atoms with van der Waals surface area (Å²) in [6, 6.07) is 0. The van der Waals surface area contributed by atoms with E-state index in [1.807, 2.05) is 0 Å². The summed E-state index contributed by atoms with van der Waals surface area (Å²) in [5.41, 5.74) is 4.90. The number of quaternary nitrogens is 1. The molecule has 1 heterocycles. The van der Waals surface area contributed by atoms with Crippen LogP contribution in [-0.4, -0.2) is 26.3 Å². The maximum atomic E-state index is 4.90. The van der Waals surface area contributed by atoms with Gasteiger partial charge in [0, 0.05) is 5.92 Å². The van der Waals surface area contributed by atoms with Gasteiger partial charge < -0.3 is 10.4 Å². The van der Waals surface area contributed by atoms with Crippen LogP contribution in [-0.2, 0) is 0 Å². The molecule has 2 N–H and O–H groups in total. The summed E-state index contributed by atoms with van der Waals surface area (Å²) in [6.45, 7) is 6.71. The predicted octanol–water partition coefficient (Wildman–Crippen LogP) is 3.28. The molecule has 0 amide bonds. The number of rotatable bonds is 7. The van der Waals surface area contributed by atoms with Gasteiger partial charge in [-0.25, -0.2) is 0 Å². The second-order valence-electron chi connectivity index (χ2n) is 6.31. The summed E-state index contributed by atoms with van der Waals surface area (Å²) in [5.74, 6) is 0.800. The van der Waals surface area contributed by atoms with Crippen molar-refractivity contribution in [2.75, 3.05) is 20.1 Å². The van der Waals surface area contributed by atoms with Crippen LogP contribution in [0.3, 0.4) is 0 Å². The molecular formula is C17H37N3. The van der Waals surface area contributed by atoms with Crippen molar-refractivity contribution in [1.29, 1.82) is 0 Å². The van der Waals surface area contributed by atoms with Crippen molar-refractivity contribution < 1.29 is 5.01 Å². The minimum atomic E-state index is 0.528. The second-order valence-corrected chi connectivity index (χ2v) is 6.31. The van der Waals surface area contributed by atoms with Crippen LogP contribution in [0.5, 0.6) is 0 Å². The van der Waals surface area contributed by atoms with E-state index in [0.29, 0.717) is 6.17 Å². The van der Waals surface area contributed by atoms with Gasteiger partial charge in [0.2, 0.25) is 0 Å². The van der Waals surface area contributed by atoms with Gasteiger partial charge in [0.25, 0.3) is 0 Å². The van der Waals surface area contributed by atoms with Gasteiger partial charge in [0.1, 0.15) is 6.17 Å². The first-order valence-electron chi connectivity index (χ1n) is 9.03. The maximum Gasteiger partial charge on any atom is 0.135 e. The van der Waals surface area contributed by atoms with Crippen molar-refractivity contribution in [2.45, 2.75) is 84.2 Å². The number of nitrogens with zero attached hydrogens (tertiary/aromatic N) is 1. The second kappa shape index (κ2) is 11.5. The van der Waals surface area contributed by atoms with Crippen molar-refractivity contribution in [3.8, 4) is 0 Å². The molecule has 0 radical (unpaired) electrons. The molecule has 3 nitrogen and oxygen atoms in total. The lowest BCUT2D eigenvalue weighted by Crippen LogP contribution is -3.14. The molecule has 120 valence electrons. The van der Waals surface area contributed by atoms with Gasteiger partial charge in [-0.1, -0.05) is 58.3 Å². The molecule has 3 atom stereocenters. The molecule has 0 aromatic heterocycles. The third-order valence-corrected chi connectivity index (χ3v) is 4.73. The van der Waals surface area contributed by atoms with Gasteiger partial charge in [-0.2, -0.15) is 0 Å². The predicted molar refractivity (Wildman–Crippen MR) is 87.9 cm³/mol. The molecule has 0 aromatic carbocycles. The monoisotopic (exact) mass is 283 g/mol. The molecule has 1 rings (SSSR count). The van der Waals surface area contributed by atoms with E-state index in [4.69, 9.17) is 5.43 Å². The Morgan fingerprint density at radius 1 is 1.05 bits per heavy atom. The Morgan fingerprint density at radius 2 is 1.85 bits per heavy atom. The van der Waals surface area contributed by atoms with E-state index in [0.717, 1.165) is 19.0 Å². The van der Waals surface area contributed by atoms with Crippen LogP contribution in [0.4, 0.5) is 0 Å². The van der Waals surface area contributed by atoms with E-state index in [-0.39, 0.29) is 0 Å². The molecule has 0 saturated carbocycles. The Hall–Kier alpha value is -0.120. The number of unbranched alkanes of at least 4 members (excludes halogenated alkanes) is 3. The highest BCUT2D eigenvalue weighted by Crippen LogP contribution is 2.21. The Morgan fingerprint density at radius 3 is 2.55 bits per heavy atom. The van der Waals surface area contributed by atoms with E-state index in [9.17, 15) is 0 Å². The first-order valence-corrected chi connectivity index (χ1v) is 9.03. The Kier molecular flexibility index (Phi) is 10.3. The largest absolute Gasteiger partial charge is 0.453 e. The normalized spacial score (nSPS) is 29.2. The van der Waals surface area contributed by atoms with Crippen molar-refractivity contribution in [3.05, 3.63) is 5.43 Å². The first kappa shape index (κ1) is 17.9. The molecule has 0 spiro atoms. The summed E-state index contributed by atoms with van der Waals surface area (Å²) >= 11 is 0. The van der Waals surface area contributed by atoms with Gasteiger partial charge in [0.05, 0.1) is 6.54 Å². The summed E-state index contributed by atoms with van der Waals surface area (Å²) in [6.07, 6.45) is 14.3. The molecule has 1 aliphatic heterocycles. The van der Waals surface area contributed by atoms with Crippen LogP contribution < -0.4 is 10.3 Å². The molecule has 0 bridgehead atoms. The lowest BCUT2D eigenvalue weighted by Gasteiger charge is -2.42. The van der Waals surface area contributed by atoms with Crippen LogP contribution in [0, 0.1) is 5.92 Å². The van der Waals surface area contributed by atoms with Gasteiger partial charge >= 0.3 is 0 Å². The minimum Gasteiger partial charge on any atom is -0.453 e. The van der Waals surface area contributed by atoms with Crippen molar-refractivity contribution in [2.24, 2.45) is 5.92 Å². The van der Waals surface area contributed by atoms with Gasteiger partial charge in [-0.05, 0) is 26.8 Å². The topological polar surface area (TPSA) is 30.6 Å². The standard InChI is InChI=1S/C17H37N3/c1-4-6-7-10-13-16-14-11-8-9-12-15-19-20(5-2)17(16)18-3/h16-18,20H,4-15H2,1-3H3. The molecular weight excluding hydrogens is 246 g/mol. The smallest absolute Gasteiger partial charge is 0.135 e. The molecule has 3 unspecified atom stereocenters. The van der Waals surface area contributed by atoms with Crippen LogP contribution in [0.25, 0.3) is 5.43 Å². The molecule has 20 heavy (non-hydrogen) atoms. The zero-order valence-electron chi connectivity index (χ0n) is 14.1. The highest BCUT2D eigenvalue weighted by molar-refractivity contribution is 4.72. The fourth-order valence-corrected chi connectivity index (χ4v) is 3.51. The molecule has 0 aromatic rings.